The standard InChI is InChI=1S/C15H21N3/c1-10-7-12(3)15(8-11(10)2)13(4)16-9-14-5-6-17-18-14/h5-8,13,16H,9H2,1-4H3,(H,17,18). The average molecular weight is 243 g/mol. The van der Waals surface area contributed by atoms with E-state index in [4.69, 9.17) is 0 Å². The van der Waals surface area contributed by atoms with E-state index in [9.17, 15) is 0 Å². The van der Waals surface area contributed by atoms with Crippen LogP contribution in [0.5, 0.6) is 0 Å². The summed E-state index contributed by atoms with van der Waals surface area (Å²) in [6.45, 7) is 9.52. The summed E-state index contributed by atoms with van der Waals surface area (Å²) in [6.07, 6.45) is 1.78. The van der Waals surface area contributed by atoms with E-state index in [1.54, 1.807) is 6.20 Å². The fraction of sp³-hybridized carbons (Fsp3) is 0.400. The molecule has 0 aliphatic heterocycles. The summed E-state index contributed by atoms with van der Waals surface area (Å²) < 4.78 is 0. The van der Waals surface area contributed by atoms with Crippen LogP contribution in [0.1, 0.15) is 40.9 Å². The van der Waals surface area contributed by atoms with Gasteiger partial charge in [0.2, 0.25) is 0 Å². The molecule has 0 aliphatic rings. The van der Waals surface area contributed by atoms with E-state index in [2.05, 4.69) is 55.3 Å². The lowest BCUT2D eigenvalue weighted by atomic mass is 9.96. The van der Waals surface area contributed by atoms with Crippen molar-refractivity contribution in [1.82, 2.24) is 15.5 Å². The molecule has 1 atom stereocenters. The number of hydrogen-bond donors (Lipinski definition) is 2. The van der Waals surface area contributed by atoms with Crippen molar-refractivity contribution < 1.29 is 0 Å². The lowest BCUT2D eigenvalue weighted by molar-refractivity contribution is 0.564. The molecule has 18 heavy (non-hydrogen) atoms. The molecular weight excluding hydrogens is 222 g/mol. The largest absolute Gasteiger partial charge is 0.305 e. The molecule has 3 heteroatoms. The number of nitrogens with one attached hydrogen (secondary N) is 2. The van der Waals surface area contributed by atoms with Crippen molar-refractivity contribution in [3.63, 3.8) is 0 Å². The first kappa shape index (κ1) is 12.8. The van der Waals surface area contributed by atoms with Gasteiger partial charge in [0.05, 0.1) is 0 Å². The van der Waals surface area contributed by atoms with Crippen LogP contribution in [-0.2, 0) is 6.54 Å². The van der Waals surface area contributed by atoms with Gasteiger partial charge >= 0.3 is 0 Å². The van der Waals surface area contributed by atoms with Crippen molar-refractivity contribution in [2.75, 3.05) is 0 Å². The maximum absolute atomic E-state index is 3.95. The molecule has 0 aliphatic carbocycles. The molecule has 0 spiro atoms. The second-order valence-corrected chi connectivity index (χ2v) is 4.98. The Hall–Kier alpha value is -1.61. The minimum Gasteiger partial charge on any atom is -0.305 e. The summed E-state index contributed by atoms with van der Waals surface area (Å²) >= 11 is 0. The van der Waals surface area contributed by atoms with Crippen molar-refractivity contribution in [3.05, 3.63) is 52.3 Å². The first-order valence-electron chi connectivity index (χ1n) is 6.37. The van der Waals surface area contributed by atoms with Gasteiger partial charge in [-0.05, 0) is 56.0 Å². The highest BCUT2D eigenvalue weighted by Gasteiger charge is 2.09. The second-order valence-electron chi connectivity index (χ2n) is 4.98. The summed E-state index contributed by atoms with van der Waals surface area (Å²) in [6, 6.07) is 6.88. The van der Waals surface area contributed by atoms with Gasteiger partial charge in [0, 0.05) is 24.5 Å². The molecule has 1 unspecified atom stereocenters. The van der Waals surface area contributed by atoms with Gasteiger partial charge in [-0.2, -0.15) is 5.10 Å². The highest BCUT2D eigenvalue weighted by atomic mass is 15.1. The van der Waals surface area contributed by atoms with Crippen LogP contribution in [0.4, 0.5) is 0 Å². The van der Waals surface area contributed by atoms with Gasteiger partial charge in [-0.15, -0.1) is 0 Å². The third kappa shape index (κ3) is 2.79. The van der Waals surface area contributed by atoms with E-state index < -0.39 is 0 Å². The van der Waals surface area contributed by atoms with Gasteiger partial charge in [-0.3, -0.25) is 5.10 Å². The van der Waals surface area contributed by atoms with Crippen LogP contribution in [0.2, 0.25) is 0 Å². The van der Waals surface area contributed by atoms with E-state index in [1.807, 2.05) is 6.07 Å². The number of rotatable bonds is 4. The van der Waals surface area contributed by atoms with Crippen LogP contribution >= 0.6 is 0 Å². The highest BCUT2D eigenvalue weighted by Crippen LogP contribution is 2.21. The van der Waals surface area contributed by atoms with E-state index in [0.717, 1.165) is 12.2 Å². The van der Waals surface area contributed by atoms with Crippen LogP contribution < -0.4 is 5.32 Å². The molecule has 1 heterocycles. The third-order valence-electron chi connectivity index (χ3n) is 3.51. The smallest absolute Gasteiger partial charge is 0.0490 e. The van der Waals surface area contributed by atoms with Gasteiger partial charge in [-0.25, -0.2) is 0 Å². The minimum absolute atomic E-state index is 0.340. The van der Waals surface area contributed by atoms with Crippen LogP contribution in [0, 0.1) is 20.8 Å². The minimum atomic E-state index is 0.340. The lowest BCUT2D eigenvalue weighted by Crippen LogP contribution is -2.19. The SMILES string of the molecule is Cc1cc(C)c(C(C)NCc2ccn[nH]2)cc1C. The molecule has 0 bridgehead atoms. The monoisotopic (exact) mass is 243 g/mol. The normalized spacial score (nSPS) is 12.7. The van der Waals surface area contributed by atoms with Gasteiger partial charge in [0.1, 0.15) is 0 Å². The molecule has 1 aromatic heterocycles. The first-order chi connectivity index (χ1) is 8.58. The number of aromatic amines is 1. The maximum atomic E-state index is 3.95. The van der Waals surface area contributed by atoms with E-state index in [-0.39, 0.29) is 0 Å². The Morgan fingerprint density at radius 2 is 1.89 bits per heavy atom. The maximum Gasteiger partial charge on any atom is 0.0490 e. The molecule has 0 amide bonds. The summed E-state index contributed by atoms with van der Waals surface area (Å²) in [4.78, 5) is 0. The third-order valence-corrected chi connectivity index (χ3v) is 3.51. The Morgan fingerprint density at radius 3 is 2.56 bits per heavy atom. The summed E-state index contributed by atoms with van der Waals surface area (Å²) in [5.74, 6) is 0. The summed E-state index contributed by atoms with van der Waals surface area (Å²) in [5, 5.41) is 10.4. The first-order valence-corrected chi connectivity index (χ1v) is 6.37. The predicted molar refractivity (Wildman–Crippen MR) is 74.5 cm³/mol. The molecule has 2 N–H and O–H groups in total. The number of aromatic nitrogens is 2. The number of hydrogen-bond acceptors (Lipinski definition) is 2. The molecule has 0 saturated carbocycles. The Bertz CT molecular complexity index is 515. The zero-order chi connectivity index (χ0) is 13.1. The summed E-state index contributed by atoms with van der Waals surface area (Å²) in [7, 11) is 0. The van der Waals surface area contributed by atoms with Gasteiger partial charge < -0.3 is 5.32 Å². The Morgan fingerprint density at radius 1 is 1.17 bits per heavy atom. The van der Waals surface area contributed by atoms with Crippen molar-refractivity contribution in [2.24, 2.45) is 0 Å². The van der Waals surface area contributed by atoms with Crippen molar-refractivity contribution in [3.8, 4) is 0 Å². The molecule has 2 rings (SSSR count). The van der Waals surface area contributed by atoms with Crippen LogP contribution in [0.25, 0.3) is 0 Å². The number of aryl methyl sites for hydroxylation is 3. The van der Waals surface area contributed by atoms with Crippen LogP contribution in [0.3, 0.4) is 0 Å². The zero-order valence-electron chi connectivity index (χ0n) is 11.5. The molecule has 96 valence electrons. The van der Waals surface area contributed by atoms with Crippen LogP contribution in [-0.4, -0.2) is 10.2 Å². The quantitative estimate of drug-likeness (QED) is 0.866. The Balaban J connectivity index is 2.09. The van der Waals surface area contributed by atoms with E-state index >= 15 is 0 Å². The van der Waals surface area contributed by atoms with E-state index in [0.29, 0.717) is 6.04 Å². The average Bonchev–Trinajstić information content (AvgIpc) is 2.84. The summed E-state index contributed by atoms with van der Waals surface area (Å²) in [5.41, 5.74) is 6.55. The lowest BCUT2D eigenvalue weighted by Gasteiger charge is -2.18. The molecule has 3 nitrogen and oxygen atoms in total. The molecule has 2 aromatic rings. The topological polar surface area (TPSA) is 40.7 Å². The zero-order valence-corrected chi connectivity index (χ0v) is 11.5. The van der Waals surface area contributed by atoms with Crippen molar-refractivity contribution in [2.45, 2.75) is 40.3 Å². The highest BCUT2D eigenvalue weighted by molar-refractivity contribution is 5.38. The molecule has 0 radical (unpaired) electrons. The van der Waals surface area contributed by atoms with Crippen molar-refractivity contribution in [1.29, 1.82) is 0 Å². The number of nitrogens with zero attached hydrogens (tertiary/aromatic N) is 1. The van der Waals surface area contributed by atoms with Gasteiger partial charge in [0.15, 0.2) is 0 Å². The van der Waals surface area contributed by atoms with E-state index in [1.165, 1.54) is 22.3 Å². The number of H-pyrrole nitrogens is 1. The molecule has 0 saturated heterocycles. The number of benzene rings is 1. The predicted octanol–water partition coefficient (Wildman–Crippen LogP) is 3.19. The molecular formula is C15H21N3. The fourth-order valence-corrected chi connectivity index (χ4v) is 2.21. The Labute approximate surface area is 109 Å². The van der Waals surface area contributed by atoms with Crippen LogP contribution in [0.15, 0.2) is 24.4 Å². The second kappa shape index (κ2) is 5.36. The van der Waals surface area contributed by atoms with Gasteiger partial charge in [-0.1, -0.05) is 12.1 Å². The Kier molecular flexibility index (Phi) is 3.82. The molecule has 0 fully saturated rings. The van der Waals surface area contributed by atoms with Gasteiger partial charge in [0.25, 0.3) is 0 Å². The fourth-order valence-electron chi connectivity index (χ4n) is 2.21. The van der Waals surface area contributed by atoms with Crippen molar-refractivity contribution >= 4 is 0 Å². The molecule has 1 aromatic carbocycles.